The van der Waals surface area contributed by atoms with Gasteiger partial charge in [0.2, 0.25) is 5.91 Å². The highest BCUT2D eigenvalue weighted by atomic mass is 16.2. The van der Waals surface area contributed by atoms with Crippen molar-refractivity contribution >= 4 is 5.91 Å². The maximum atomic E-state index is 11.0. The van der Waals surface area contributed by atoms with Gasteiger partial charge in [0.25, 0.3) is 0 Å². The summed E-state index contributed by atoms with van der Waals surface area (Å²) in [5, 5.41) is 3.01. The van der Waals surface area contributed by atoms with Gasteiger partial charge in [0, 0.05) is 19.5 Å². The van der Waals surface area contributed by atoms with Crippen LogP contribution < -0.4 is 5.32 Å². The fraction of sp³-hybridized carbons (Fsp3) is 0.875. The van der Waals surface area contributed by atoms with E-state index in [4.69, 9.17) is 0 Å². The Bertz CT molecular complexity index is 169. The molecule has 1 atom stereocenters. The minimum absolute atomic E-state index is 0.230. The Labute approximate surface area is 66.8 Å². The van der Waals surface area contributed by atoms with Gasteiger partial charge in [-0.3, -0.25) is 9.69 Å². The molecule has 2 saturated heterocycles. The fourth-order valence-electron chi connectivity index (χ4n) is 1.93. The summed E-state index contributed by atoms with van der Waals surface area (Å²) in [7, 11) is 0. The van der Waals surface area contributed by atoms with Gasteiger partial charge < -0.3 is 5.32 Å². The SMILES string of the molecule is O=C1CCN2CCCCC2N1. The van der Waals surface area contributed by atoms with E-state index >= 15 is 0 Å². The first-order valence-electron chi connectivity index (χ1n) is 4.40. The lowest BCUT2D eigenvalue weighted by atomic mass is 10.1. The molecule has 0 aromatic carbocycles. The highest BCUT2D eigenvalue weighted by Crippen LogP contribution is 2.17. The molecule has 62 valence electrons. The number of amides is 1. The molecule has 2 rings (SSSR count). The van der Waals surface area contributed by atoms with Crippen molar-refractivity contribution in [1.29, 1.82) is 0 Å². The van der Waals surface area contributed by atoms with E-state index in [-0.39, 0.29) is 5.91 Å². The first-order valence-corrected chi connectivity index (χ1v) is 4.40. The van der Waals surface area contributed by atoms with Crippen LogP contribution in [0.2, 0.25) is 0 Å². The summed E-state index contributed by atoms with van der Waals surface area (Å²) in [5.41, 5.74) is 0. The van der Waals surface area contributed by atoms with Gasteiger partial charge in [0.1, 0.15) is 0 Å². The van der Waals surface area contributed by atoms with Gasteiger partial charge in [0.05, 0.1) is 6.17 Å². The predicted molar refractivity (Wildman–Crippen MR) is 42.0 cm³/mol. The van der Waals surface area contributed by atoms with Crippen molar-refractivity contribution < 1.29 is 4.79 Å². The van der Waals surface area contributed by atoms with Crippen molar-refractivity contribution in [1.82, 2.24) is 10.2 Å². The van der Waals surface area contributed by atoms with Crippen LogP contribution in [0.3, 0.4) is 0 Å². The van der Waals surface area contributed by atoms with E-state index in [1.165, 1.54) is 19.4 Å². The van der Waals surface area contributed by atoms with E-state index in [1.54, 1.807) is 0 Å². The molecule has 0 aromatic rings. The third-order valence-corrected chi connectivity index (χ3v) is 2.57. The zero-order chi connectivity index (χ0) is 7.68. The van der Waals surface area contributed by atoms with Crippen molar-refractivity contribution in [2.75, 3.05) is 13.1 Å². The molecule has 0 saturated carbocycles. The topological polar surface area (TPSA) is 32.3 Å². The quantitative estimate of drug-likeness (QED) is 0.545. The van der Waals surface area contributed by atoms with Gasteiger partial charge >= 0.3 is 0 Å². The molecule has 2 aliphatic rings. The number of carbonyl (C=O) groups is 1. The average molecular weight is 154 g/mol. The molecule has 0 aromatic heterocycles. The van der Waals surface area contributed by atoms with Crippen molar-refractivity contribution in [3.8, 4) is 0 Å². The Morgan fingerprint density at radius 3 is 3.18 bits per heavy atom. The van der Waals surface area contributed by atoms with Gasteiger partial charge in [0.15, 0.2) is 0 Å². The maximum Gasteiger partial charge on any atom is 0.222 e. The lowest BCUT2D eigenvalue weighted by Crippen LogP contribution is -2.55. The lowest BCUT2D eigenvalue weighted by Gasteiger charge is -2.39. The normalized spacial score (nSPS) is 32.7. The van der Waals surface area contributed by atoms with Crippen molar-refractivity contribution in [2.45, 2.75) is 31.8 Å². The Morgan fingerprint density at radius 2 is 2.27 bits per heavy atom. The van der Waals surface area contributed by atoms with Gasteiger partial charge in [-0.2, -0.15) is 0 Å². The van der Waals surface area contributed by atoms with Crippen LogP contribution in [0.15, 0.2) is 0 Å². The van der Waals surface area contributed by atoms with Crippen LogP contribution in [-0.4, -0.2) is 30.1 Å². The number of hydrogen-bond acceptors (Lipinski definition) is 2. The second kappa shape index (κ2) is 2.81. The van der Waals surface area contributed by atoms with Crippen LogP contribution in [0.5, 0.6) is 0 Å². The largest absolute Gasteiger partial charge is 0.341 e. The molecule has 2 heterocycles. The third kappa shape index (κ3) is 1.38. The van der Waals surface area contributed by atoms with E-state index in [0.29, 0.717) is 12.6 Å². The summed E-state index contributed by atoms with van der Waals surface area (Å²) >= 11 is 0. The first-order chi connectivity index (χ1) is 5.36. The van der Waals surface area contributed by atoms with Gasteiger partial charge in [-0.25, -0.2) is 0 Å². The number of nitrogens with one attached hydrogen (secondary N) is 1. The highest BCUT2D eigenvalue weighted by Gasteiger charge is 2.27. The molecule has 1 N–H and O–H groups in total. The summed E-state index contributed by atoms with van der Waals surface area (Å²) in [5.74, 6) is 0.230. The molecule has 3 heteroatoms. The molecule has 1 unspecified atom stereocenters. The highest BCUT2D eigenvalue weighted by molar-refractivity contribution is 5.77. The molecule has 3 nitrogen and oxygen atoms in total. The number of nitrogens with zero attached hydrogens (tertiary/aromatic N) is 1. The van der Waals surface area contributed by atoms with Gasteiger partial charge in [-0.05, 0) is 19.3 Å². The summed E-state index contributed by atoms with van der Waals surface area (Å²) < 4.78 is 0. The van der Waals surface area contributed by atoms with Crippen LogP contribution in [0.25, 0.3) is 0 Å². The zero-order valence-electron chi connectivity index (χ0n) is 6.68. The van der Waals surface area contributed by atoms with Crippen LogP contribution in [0.1, 0.15) is 25.7 Å². The van der Waals surface area contributed by atoms with Crippen LogP contribution in [0.4, 0.5) is 0 Å². The lowest BCUT2D eigenvalue weighted by molar-refractivity contribution is -0.127. The number of carbonyl (C=O) groups excluding carboxylic acids is 1. The number of hydrogen-bond donors (Lipinski definition) is 1. The summed E-state index contributed by atoms with van der Waals surface area (Å²) in [4.78, 5) is 13.4. The smallest absolute Gasteiger partial charge is 0.222 e. The molecular formula is C8H14N2O. The van der Waals surface area contributed by atoms with E-state index in [9.17, 15) is 4.79 Å². The number of rotatable bonds is 0. The molecule has 0 radical (unpaired) electrons. The van der Waals surface area contributed by atoms with E-state index < -0.39 is 0 Å². The van der Waals surface area contributed by atoms with Crippen molar-refractivity contribution in [3.05, 3.63) is 0 Å². The van der Waals surface area contributed by atoms with Crippen LogP contribution in [0, 0.1) is 0 Å². The summed E-state index contributed by atoms with van der Waals surface area (Å²) in [6, 6.07) is 0. The van der Waals surface area contributed by atoms with E-state index in [2.05, 4.69) is 10.2 Å². The molecule has 0 spiro atoms. The predicted octanol–water partition coefficient (Wildman–Crippen LogP) is 0.318. The number of fused-ring (bicyclic) bond motifs is 1. The Balaban J connectivity index is 1.98. The minimum Gasteiger partial charge on any atom is -0.341 e. The second-order valence-electron chi connectivity index (χ2n) is 3.37. The van der Waals surface area contributed by atoms with Gasteiger partial charge in [-0.1, -0.05) is 0 Å². The maximum absolute atomic E-state index is 11.0. The third-order valence-electron chi connectivity index (χ3n) is 2.57. The second-order valence-corrected chi connectivity index (χ2v) is 3.37. The van der Waals surface area contributed by atoms with Gasteiger partial charge in [-0.15, -0.1) is 0 Å². The Hall–Kier alpha value is -0.570. The number of piperidine rings is 1. The average Bonchev–Trinajstić information content (AvgIpc) is 2.04. The molecule has 2 aliphatic heterocycles. The molecular weight excluding hydrogens is 140 g/mol. The molecule has 1 amide bonds. The molecule has 2 fully saturated rings. The molecule has 0 aliphatic carbocycles. The molecule has 11 heavy (non-hydrogen) atoms. The van der Waals surface area contributed by atoms with E-state index in [1.807, 2.05) is 0 Å². The monoisotopic (exact) mass is 154 g/mol. The Kier molecular flexibility index (Phi) is 1.82. The summed E-state index contributed by atoms with van der Waals surface area (Å²) in [6.07, 6.45) is 4.76. The van der Waals surface area contributed by atoms with Crippen molar-refractivity contribution in [2.24, 2.45) is 0 Å². The van der Waals surface area contributed by atoms with Crippen LogP contribution in [-0.2, 0) is 4.79 Å². The Morgan fingerprint density at radius 1 is 1.36 bits per heavy atom. The van der Waals surface area contributed by atoms with Crippen LogP contribution >= 0.6 is 0 Å². The summed E-state index contributed by atoms with van der Waals surface area (Å²) in [6.45, 7) is 2.14. The van der Waals surface area contributed by atoms with E-state index in [0.717, 1.165) is 13.0 Å². The fourth-order valence-corrected chi connectivity index (χ4v) is 1.93. The minimum atomic E-state index is 0.230. The molecule has 0 bridgehead atoms. The standard InChI is InChI=1S/C8H14N2O/c11-8-4-6-10-5-2-1-3-7(10)9-8/h7H,1-6H2,(H,9,11). The zero-order valence-corrected chi connectivity index (χ0v) is 6.68. The van der Waals surface area contributed by atoms with Crippen molar-refractivity contribution in [3.63, 3.8) is 0 Å². The first kappa shape index (κ1) is 7.10.